The Kier molecular flexibility index (Phi) is 7.45. The molecule has 1 heterocycles. The zero-order valence-corrected chi connectivity index (χ0v) is 8.76. The number of ether oxygens (including phenoxy) is 1. The first-order valence-corrected chi connectivity index (χ1v) is 4.77. The predicted octanol–water partition coefficient (Wildman–Crippen LogP) is 0.563. The molecule has 1 aliphatic heterocycles. The topological polar surface area (TPSA) is 24.5 Å². The van der Waals surface area contributed by atoms with Crippen LogP contribution in [-0.4, -0.2) is 51.3 Å². The van der Waals surface area contributed by atoms with Gasteiger partial charge in [-0.25, -0.2) is 0 Å². The smallest absolute Gasteiger partial charge is 0.0634 e. The standard InChI is InChI=1S/C7H16N2O.C2H6/c1-8-5-7-6-10-4-3-9(7)2;1-2/h7-8H,3-6H2,1-2H3;1-2H3. The highest BCUT2D eigenvalue weighted by atomic mass is 16.5. The summed E-state index contributed by atoms with van der Waals surface area (Å²) in [7, 11) is 4.12. The molecule has 0 saturated carbocycles. The largest absolute Gasteiger partial charge is 0.378 e. The zero-order chi connectivity index (χ0) is 9.40. The number of morpholine rings is 1. The Balaban J connectivity index is 0.000000561. The van der Waals surface area contributed by atoms with Crippen LogP contribution in [0.25, 0.3) is 0 Å². The molecule has 3 heteroatoms. The molecule has 1 fully saturated rings. The van der Waals surface area contributed by atoms with Gasteiger partial charge < -0.3 is 10.1 Å². The lowest BCUT2D eigenvalue weighted by Gasteiger charge is -2.32. The van der Waals surface area contributed by atoms with Gasteiger partial charge in [0.2, 0.25) is 0 Å². The maximum atomic E-state index is 5.32. The van der Waals surface area contributed by atoms with E-state index in [0.717, 1.165) is 26.3 Å². The van der Waals surface area contributed by atoms with Gasteiger partial charge in [0.25, 0.3) is 0 Å². The van der Waals surface area contributed by atoms with Gasteiger partial charge in [-0.15, -0.1) is 0 Å². The maximum absolute atomic E-state index is 5.32. The summed E-state index contributed by atoms with van der Waals surface area (Å²) in [5, 5.41) is 3.15. The molecule has 1 N–H and O–H groups in total. The SMILES string of the molecule is CC.CNCC1COCCN1C. The highest BCUT2D eigenvalue weighted by Gasteiger charge is 2.17. The molecule has 0 aromatic rings. The summed E-state index contributed by atoms with van der Waals surface area (Å²) in [6.07, 6.45) is 0. The van der Waals surface area contributed by atoms with Gasteiger partial charge in [-0.3, -0.25) is 4.90 Å². The third-order valence-corrected chi connectivity index (χ3v) is 1.96. The van der Waals surface area contributed by atoms with E-state index in [1.807, 2.05) is 20.9 Å². The first kappa shape index (κ1) is 11.9. The van der Waals surface area contributed by atoms with Crippen molar-refractivity contribution < 1.29 is 4.74 Å². The summed E-state index contributed by atoms with van der Waals surface area (Å²) >= 11 is 0. The minimum Gasteiger partial charge on any atom is -0.378 e. The van der Waals surface area contributed by atoms with Gasteiger partial charge in [-0.2, -0.15) is 0 Å². The van der Waals surface area contributed by atoms with Gasteiger partial charge in [-0.05, 0) is 14.1 Å². The van der Waals surface area contributed by atoms with Gasteiger partial charge in [0.1, 0.15) is 0 Å². The summed E-state index contributed by atoms with van der Waals surface area (Å²) in [4.78, 5) is 2.33. The molecule has 1 unspecified atom stereocenters. The average Bonchev–Trinajstić information content (AvgIpc) is 2.13. The van der Waals surface area contributed by atoms with Crippen LogP contribution in [0, 0.1) is 0 Å². The van der Waals surface area contributed by atoms with Crippen LogP contribution in [0.1, 0.15) is 13.8 Å². The fraction of sp³-hybridized carbons (Fsp3) is 1.00. The Morgan fingerprint density at radius 2 is 2.17 bits per heavy atom. The fourth-order valence-corrected chi connectivity index (χ4v) is 1.19. The molecule has 0 aromatic heterocycles. The molecule has 0 radical (unpaired) electrons. The van der Waals surface area contributed by atoms with E-state index in [1.54, 1.807) is 0 Å². The molecule has 1 saturated heterocycles. The van der Waals surface area contributed by atoms with E-state index in [0.29, 0.717) is 6.04 Å². The van der Waals surface area contributed by atoms with E-state index in [9.17, 15) is 0 Å². The van der Waals surface area contributed by atoms with Crippen molar-refractivity contribution in [2.45, 2.75) is 19.9 Å². The minimum atomic E-state index is 0.568. The van der Waals surface area contributed by atoms with Crippen LogP contribution >= 0.6 is 0 Å². The fourth-order valence-electron chi connectivity index (χ4n) is 1.19. The van der Waals surface area contributed by atoms with Gasteiger partial charge in [0, 0.05) is 19.1 Å². The maximum Gasteiger partial charge on any atom is 0.0634 e. The molecule has 12 heavy (non-hydrogen) atoms. The molecule has 1 aliphatic rings. The molecule has 0 spiro atoms. The van der Waals surface area contributed by atoms with Gasteiger partial charge in [-0.1, -0.05) is 13.8 Å². The quantitative estimate of drug-likeness (QED) is 0.662. The summed E-state index contributed by atoms with van der Waals surface area (Å²) < 4.78 is 5.32. The molecule has 1 atom stereocenters. The highest BCUT2D eigenvalue weighted by molar-refractivity contribution is 4.73. The Morgan fingerprint density at radius 3 is 2.67 bits per heavy atom. The van der Waals surface area contributed by atoms with E-state index in [2.05, 4.69) is 17.3 Å². The van der Waals surface area contributed by atoms with Gasteiger partial charge in [0.15, 0.2) is 0 Å². The Labute approximate surface area is 76.1 Å². The minimum absolute atomic E-state index is 0.568. The second-order valence-corrected chi connectivity index (χ2v) is 2.77. The van der Waals surface area contributed by atoms with E-state index < -0.39 is 0 Å². The average molecular weight is 174 g/mol. The van der Waals surface area contributed by atoms with Crippen LogP contribution in [0.15, 0.2) is 0 Å². The molecule has 0 bridgehead atoms. The van der Waals surface area contributed by atoms with Gasteiger partial charge in [0.05, 0.1) is 13.2 Å². The van der Waals surface area contributed by atoms with Crippen molar-refractivity contribution >= 4 is 0 Å². The van der Waals surface area contributed by atoms with Crippen molar-refractivity contribution in [1.29, 1.82) is 0 Å². The van der Waals surface area contributed by atoms with Crippen molar-refractivity contribution in [2.75, 3.05) is 40.4 Å². The predicted molar refractivity (Wildman–Crippen MR) is 52.5 cm³/mol. The third-order valence-electron chi connectivity index (χ3n) is 1.96. The van der Waals surface area contributed by atoms with Crippen molar-refractivity contribution in [3.05, 3.63) is 0 Å². The van der Waals surface area contributed by atoms with Crippen molar-refractivity contribution in [3.8, 4) is 0 Å². The zero-order valence-electron chi connectivity index (χ0n) is 8.76. The Hall–Kier alpha value is -0.120. The molecule has 3 nitrogen and oxygen atoms in total. The molecular weight excluding hydrogens is 152 g/mol. The van der Waals surface area contributed by atoms with E-state index >= 15 is 0 Å². The summed E-state index contributed by atoms with van der Waals surface area (Å²) in [5.74, 6) is 0. The van der Waals surface area contributed by atoms with Crippen LogP contribution < -0.4 is 5.32 Å². The first-order valence-electron chi connectivity index (χ1n) is 4.77. The van der Waals surface area contributed by atoms with Crippen LogP contribution in [0.5, 0.6) is 0 Å². The second-order valence-electron chi connectivity index (χ2n) is 2.77. The molecule has 74 valence electrons. The van der Waals surface area contributed by atoms with Crippen molar-refractivity contribution in [2.24, 2.45) is 0 Å². The molecular formula is C9H22N2O. The number of hydrogen-bond donors (Lipinski definition) is 1. The second kappa shape index (κ2) is 7.53. The van der Waals surface area contributed by atoms with E-state index in [1.165, 1.54) is 0 Å². The van der Waals surface area contributed by atoms with Crippen LogP contribution in [0.4, 0.5) is 0 Å². The molecule has 0 amide bonds. The van der Waals surface area contributed by atoms with Crippen LogP contribution in [-0.2, 0) is 4.74 Å². The summed E-state index contributed by atoms with van der Waals surface area (Å²) in [6, 6.07) is 0.568. The number of nitrogens with one attached hydrogen (secondary N) is 1. The van der Waals surface area contributed by atoms with Crippen molar-refractivity contribution in [1.82, 2.24) is 10.2 Å². The molecule has 0 aliphatic carbocycles. The third kappa shape index (κ3) is 4.04. The number of hydrogen-bond acceptors (Lipinski definition) is 3. The van der Waals surface area contributed by atoms with Crippen LogP contribution in [0.2, 0.25) is 0 Å². The Bertz CT molecular complexity index is 96.5. The lowest BCUT2D eigenvalue weighted by molar-refractivity contribution is 0.00708. The lowest BCUT2D eigenvalue weighted by Crippen LogP contribution is -2.47. The highest BCUT2D eigenvalue weighted by Crippen LogP contribution is 2.01. The number of likely N-dealkylation sites (N-methyl/N-ethyl adjacent to an activating group) is 2. The first-order chi connectivity index (χ1) is 5.84. The van der Waals surface area contributed by atoms with Crippen molar-refractivity contribution in [3.63, 3.8) is 0 Å². The summed E-state index contributed by atoms with van der Waals surface area (Å²) in [6.45, 7) is 7.84. The molecule has 1 rings (SSSR count). The van der Waals surface area contributed by atoms with E-state index in [-0.39, 0.29) is 0 Å². The summed E-state index contributed by atoms with van der Waals surface area (Å²) in [5.41, 5.74) is 0. The normalized spacial score (nSPS) is 24.5. The monoisotopic (exact) mass is 174 g/mol. The Morgan fingerprint density at radius 1 is 1.50 bits per heavy atom. The van der Waals surface area contributed by atoms with Gasteiger partial charge >= 0.3 is 0 Å². The number of rotatable bonds is 2. The van der Waals surface area contributed by atoms with Crippen LogP contribution in [0.3, 0.4) is 0 Å². The molecule has 0 aromatic carbocycles. The lowest BCUT2D eigenvalue weighted by atomic mass is 10.2. The van der Waals surface area contributed by atoms with E-state index in [4.69, 9.17) is 4.74 Å². The number of nitrogens with zero attached hydrogens (tertiary/aromatic N) is 1.